The van der Waals surface area contributed by atoms with Gasteiger partial charge < -0.3 is 0 Å². The highest BCUT2D eigenvalue weighted by molar-refractivity contribution is 6.40. The van der Waals surface area contributed by atoms with Gasteiger partial charge in [-0.1, -0.05) is 82.9 Å². The van der Waals surface area contributed by atoms with Gasteiger partial charge >= 0.3 is 37.1 Å². The van der Waals surface area contributed by atoms with Crippen LogP contribution in [0.4, 0.5) is 90.4 Å². The number of carbonyl (C=O) groups excluding carboxylic acids is 8. The Hall–Kier alpha value is -10.4. The molecule has 8 aromatic rings. The van der Waals surface area contributed by atoms with E-state index in [2.05, 4.69) is 0 Å². The number of nitrogens with zero attached hydrogens (tertiary/aromatic N) is 4. The summed E-state index contributed by atoms with van der Waals surface area (Å²) in [4.78, 5) is 105. The van der Waals surface area contributed by atoms with Crippen LogP contribution in [-0.4, -0.2) is 83.5 Å². The predicted molar refractivity (Wildman–Crippen MR) is 316 cm³/mol. The highest BCUT2D eigenvalue weighted by Crippen LogP contribution is 2.58. The van der Waals surface area contributed by atoms with Gasteiger partial charge in [0.2, 0.25) is 5.41 Å². The number of anilines is 2. The van der Waals surface area contributed by atoms with Crippen LogP contribution in [0, 0.1) is 13.8 Å². The maximum absolute atomic E-state index is 14.9. The van der Waals surface area contributed by atoms with Crippen LogP contribution in [0.15, 0.2) is 133 Å². The average Bonchev–Trinajstić information content (AvgIpc) is 1.55. The van der Waals surface area contributed by atoms with Crippen LogP contribution in [0.25, 0.3) is 33.4 Å². The number of amides is 8. The van der Waals surface area contributed by atoms with Crippen LogP contribution in [0.3, 0.4) is 0 Å². The lowest BCUT2D eigenvalue weighted by Crippen LogP contribution is -2.55. The van der Waals surface area contributed by atoms with Crippen molar-refractivity contribution in [1.82, 2.24) is 9.80 Å². The summed E-state index contributed by atoms with van der Waals surface area (Å²) < 4.78 is 259. The lowest BCUT2D eigenvalue weighted by molar-refractivity contribution is -0.288. The second-order valence-corrected chi connectivity index (χ2v) is 23.6. The molecule has 8 aromatic carbocycles. The van der Waals surface area contributed by atoms with E-state index in [-0.39, 0.29) is 83.7 Å². The molecule has 4 aliphatic heterocycles. The molecule has 4 heterocycles. The van der Waals surface area contributed by atoms with Gasteiger partial charge in [-0.15, -0.1) is 0 Å². The number of imide groups is 4. The van der Waals surface area contributed by atoms with Gasteiger partial charge in [0.1, 0.15) is 0 Å². The van der Waals surface area contributed by atoms with Crippen LogP contribution in [0.2, 0.25) is 10.0 Å². The van der Waals surface area contributed by atoms with E-state index in [0.717, 1.165) is 54.4 Å². The third-order valence-electron chi connectivity index (χ3n) is 16.8. The van der Waals surface area contributed by atoms with Crippen molar-refractivity contribution in [3.05, 3.63) is 233 Å². The van der Waals surface area contributed by atoms with Crippen LogP contribution >= 0.6 is 23.2 Å². The summed E-state index contributed by atoms with van der Waals surface area (Å²) >= 11 is 12.9. The van der Waals surface area contributed by atoms with Crippen molar-refractivity contribution in [3.8, 4) is 33.4 Å². The zero-order chi connectivity index (χ0) is 73.0. The molecule has 0 fully saturated rings. The number of benzene rings is 8. The van der Waals surface area contributed by atoms with Gasteiger partial charge in [0.05, 0.1) is 78.1 Å². The average molecular weight is 1440 g/mol. The number of carbonyl (C=O) groups is 8. The Labute approximate surface area is 553 Å². The minimum Gasteiger partial charge on any atom is -0.277 e. The number of hydrogen-bond donors (Lipinski definition) is 0. The first-order valence-corrected chi connectivity index (χ1v) is 28.8. The number of fused-ring (bicyclic) bond motifs is 4. The van der Waals surface area contributed by atoms with Gasteiger partial charge in [-0.3, -0.25) is 48.2 Å². The molecular formula is C67H34Cl2F18N4O8. The molecular weight excluding hydrogens is 1400 g/mol. The normalized spacial score (nSPS) is 15.2. The van der Waals surface area contributed by atoms with E-state index in [4.69, 9.17) is 23.2 Å². The highest BCUT2D eigenvalue weighted by Gasteiger charge is 2.73. The largest absolute Gasteiger partial charge is 0.417 e. The van der Waals surface area contributed by atoms with E-state index in [1.165, 1.54) is 45.2 Å². The third kappa shape index (κ3) is 11.4. The van der Waals surface area contributed by atoms with Crippen molar-refractivity contribution in [1.29, 1.82) is 0 Å². The molecule has 0 aromatic heterocycles. The van der Waals surface area contributed by atoms with E-state index >= 15 is 0 Å². The van der Waals surface area contributed by atoms with Gasteiger partial charge in [-0.25, -0.2) is 9.80 Å². The van der Waals surface area contributed by atoms with Gasteiger partial charge in [0.25, 0.3) is 47.3 Å². The van der Waals surface area contributed by atoms with E-state index in [0.29, 0.717) is 52.3 Å². The molecule has 0 aliphatic carbocycles. The summed E-state index contributed by atoms with van der Waals surface area (Å²) in [5, 5.41) is -0.107. The Morgan fingerprint density at radius 2 is 0.525 bits per heavy atom. The molecule has 0 radical (unpaired) electrons. The Bertz CT molecular complexity index is 4940. The Morgan fingerprint density at radius 1 is 0.273 bits per heavy atom. The standard InChI is InChI=1S/C35H18F12N2O4.C32H16Cl2F6N2O4/c1-15-3-7-19(25(11-15)32(36,37)38)20-10-6-18(14-26(20)33(39,40)41)49-29(52)22-9-5-17(13-24(22)30(49)53)31(34(42,43)44,35(45,46)47)16-4-8-21-23(12-16)28(51)48(2)27(21)50;1-13-3-5-15(23(7-13)31(35,36)37)16-6-4-14(8-24(16)32(38,39)40)42-29(45)20-10-18(26(34)12-22(20)30(42)46)17-9-19-21(11-25(17)33)28(44)41(2)27(19)43/h3-14H,1-2H3;3-12H,1-2H3. The van der Waals surface area contributed by atoms with Gasteiger partial charge in [-0.2, -0.15) is 79.0 Å². The molecule has 4 aliphatic rings. The van der Waals surface area contributed by atoms with Crippen LogP contribution in [-0.2, 0) is 30.1 Å². The molecule has 0 spiro atoms. The molecule has 0 saturated heterocycles. The first kappa shape index (κ1) is 70.0. The minimum absolute atomic E-state index is 0.00887. The fourth-order valence-corrected chi connectivity index (χ4v) is 12.6. The Morgan fingerprint density at radius 3 is 0.869 bits per heavy atom. The van der Waals surface area contributed by atoms with Crippen molar-refractivity contribution in [3.63, 3.8) is 0 Å². The number of hydrogen-bond acceptors (Lipinski definition) is 8. The number of aryl methyl sites for hydroxylation is 2. The smallest absolute Gasteiger partial charge is 0.277 e. The summed E-state index contributed by atoms with van der Waals surface area (Å²) in [5.74, 6) is -8.54. The van der Waals surface area contributed by atoms with Gasteiger partial charge in [-0.05, 0) is 132 Å². The molecule has 12 rings (SSSR count). The first-order chi connectivity index (χ1) is 45.7. The maximum atomic E-state index is 14.9. The lowest BCUT2D eigenvalue weighted by Gasteiger charge is -2.38. The zero-order valence-corrected chi connectivity index (χ0v) is 51.3. The van der Waals surface area contributed by atoms with Crippen LogP contribution < -0.4 is 9.80 Å². The first-order valence-electron chi connectivity index (χ1n) is 28.0. The van der Waals surface area contributed by atoms with Gasteiger partial charge in [0, 0.05) is 35.3 Å². The molecule has 8 amide bonds. The van der Waals surface area contributed by atoms with Crippen LogP contribution in [0.5, 0.6) is 0 Å². The molecule has 12 nitrogen and oxygen atoms in total. The topological polar surface area (TPSA) is 150 Å². The summed E-state index contributed by atoms with van der Waals surface area (Å²) in [7, 11) is 2.24. The molecule has 32 heteroatoms. The molecule has 99 heavy (non-hydrogen) atoms. The van der Waals surface area contributed by atoms with E-state index < -0.39 is 179 Å². The van der Waals surface area contributed by atoms with Crippen molar-refractivity contribution >= 4 is 81.8 Å². The molecule has 0 saturated carbocycles. The lowest BCUT2D eigenvalue weighted by atomic mass is 9.71. The summed E-state index contributed by atoms with van der Waals surface area (Å²) in [6.07, 6.45) is -33.2. The van der Waals surface area contributed by atoms with Crippen molar-refractivity contribution in [2.45, 2.75) is 56.3 Å². The number of rotatable bonds is 7. The predicted octanol–water partition coefficient (Wildman–Crippen LogP) is 17.8. The van der Waals surface area contributed by atoms with Gasteiger partial charge in [0.15, 0.2) is 0 Å². The van der Waals surface area contributed by atoms with Crippen molar-refractivity contribution in [2.24, 2.45) is 0 Å². The fraction of sp³-hybridized carbons (Fsp3) is 0.164. The Kier molecular flexibility index (Phi) is 16.5. The van der Waals surface area contributed by atoms with Crippen molar-refractivity contribution in [2.75, 3.05) is 23.9 Å². The number of halogens is 20. The third-order valence-corrected chi connectivity index (χ3v) is 17.4. The molecule has 0 bridgehead atoms. The number of alkyl halides is 18. The fourth-order valence-electron chi connectivity index (χ4n) is 12.1. The second-order valence-electron chi connectivity index (χ2n) is 22.8. The monoisotopic (exact) mass is 1430 g/mol. The molecule has 0 unspecified atom stereocenters. The summed E-state index contributed by atoms with van der Waals surface area (Å²) in [5.41, 5.74) is -22.2. The van der Waals surface area contributed by atoms with E-state index in [1.807, 2.05) is 0 Å². The van der Waals surface area contributed by atoms with E-state index in [1.54, 1.807) is 0 Å². The Balaban J connectivity index is 0.000000202. The van der Waals surface area contributed by atoms with Crippen molar-refractivity contribution < 1.29 is 117 Å². The quantitative estimate of drug-likeness (QED) is 0.113. The summed E-state index contributed by atoms with van der Waals surface area (Å²) in [6, 6.07) is 15.8. The minimum atomic E-state index is -6.26. The SMILES string of the molecule is Cc1ccc(-c2ccc(N3C(=O)c4cc(Cl)c(-c5cc6c(cc5Cl)C(=O)N(C)C6=O)cc4C3=O)cc2C(F)(F)F)c(C(F)(F)F)c1.Cc1ccc(-c2ccc(N3C(=O)c4ccc(C(c5ccc6c(c5)C(=O)N(C)C6=O)(C(F)(F)F)C(F)(F)F)cc4C3=O)cc2C(F)(F)F)c(C(F)(F)F)c1. The summed E-state index contributed by atoms with van der Waals surface area (Å²) in [6.45, 7) is 2.63. The molecule has 0 atom stereocenters. The highest BCUT2D eigenvalue weighted by atomic mass is 35.5. The molecule has 0 N–H and O–H groups in total. The zero-order valence-electron chi connectivity index (χ0n) is 49.8. The van der Waals surface area contributed by atoms with Crippen LogP contribution in [0.1, 0.15) is 127 Å². The van der Waals surface area contributed by atoms with E-state index in [9.17, 15) is 117 Å². The molecule has 510 valence electrons. The second kappa shape index (κ2) is 23.4. The maximum Gasteiger partial charge on any atom is 0.417 e.